The Balaban J connectivity index is 1.47. The summed E-state index contributed by atoms with van der Waals surface area (Å²) >= 11 is 0.594. The van der Waals surface area contributed by atoms with E-state index in [1.165, 1.54) is 77.0 Å². The van der Waals surface area contributed by atoms with Gasteiger partial charge in [-0.05, 0) is 110 Å². The van der Waals surface area contributed by atoms with E-state index in [2.05, 4.69) is 34.6 Å². The summed E-state index contributed by atoms with van der Waals surface area (Å²) < 4.78 is 14.8. The topological polar surface area (TPSA) is 29.5 Å². The fraction of sp³-hybridized carbons (Fsp3) is 1.00. The van der Waals surface area contributed by atoms with Crippen LogP contribution in [0.2, 0.25) is 0 Å². The average molecular weight is 451 g/mol. The van der Waals surface area contributed by atoms with Gasteiger partial charge in [0.05, 0.1) is 6.10 Å². The SMILES string of the molecule is CC(C)CCC[C@@H](C)C1CCC2C3CCC4CC(OSO)CCC4(C)C3CCCC21C. The van der Waals surface area contributed by atoms with E-state index in [1.54, 1.807) is 0 Å². The molecular weight excluding hydrogens is 400 g/mol. The van der Waals surface area contributed by atoms with Crippen LogP contribution in [0.1, 0.15) is 118 Å². The molecule has 4 aliphatic carbocycles. The van der Waals surface area contributed by atoms with Crippen molar-refractivity contribution in [2.45, 2.75) is 124 Å². The van der Waals surface area contributed by atoms with Gasteiger partial charge in [-0.15, -0.1) is 0 Å². The second kappa shape index (κ2) is 9.87. The quantitative estimate of drug-likeness (QED) is 0.392. The Kier molecular flexibility index (Phi) is 7.76. The number of rotatable bonds is 7. The van der Waals surface area contributed by atoms with Crippen LogP contribution in [0.4, 0.5) is 0 Å². The molecule has 4 rings (SSSR count). The maximum absolute atomic E-state index is 9.18. The number of fused-ring (bicyclic) bond motifs is 5. The molecule has 0 heterocycles. The molecule has 0 saturated heterocycles. The van der Waals surface area contributed by atoms with E-state index < -0.39 is 0 Å². The van der Waals surface area contributed by atoms with Gasteiger partial charge < -0.3 is 4.55 Å². The molecule has 180 valence electrons. The molecule has 0 aromatic heterocycles. The minimum atomic E-state index is 0.267. The standard InChI is InChI=1S/C28H50O2S/c1-19(2)8-6-9-20(3)24-13-14-26-23-12-11-21-18-22(30-31-29)15-17-27(21,4)25(23)10-7-16-28(24,26)5/h19-26,29H,6-18H2,1-5H3/t20-,21?,22?,23?,24?,25?,26?,27?,28?/m1/s1. The van der Waals surface area contributed by atoms with Crippen LogP contribution in [0.5, 0.6) is 0 Å². The number of hydrogen-bond acceptors (Lipinski definition) is 3. The van der Waals surface area contributed by atoms with Crippen LogP contribution in [0, 0.1) is 52.3 Å². The minimum Gasteiger partial charge on any atom is -0.307 e. The van der Waals surface area contributed by atoms with Gasteiger partial charge in [-0.3, -0.25) is 4.18 Å². The van der Waals surface area contributed by atoms with Gasteiger partial charge in [0.15, 0.2) is 12.3 Å². The summed E-state index contributed by atoms with van der Waals surface area (Å²) in [7, 11) is 0. The van der Waals surface area contributed by atoms with Crippen molar-refractivity contribution in [3.8, 4) is 0 Å². The van der Waals surface area contributed by atoms with Crippen LogP contribution >= 0.6 is 12.3 Å². The van der Waals surface area contributed by atoms with Crippen LogP contribution in [-0.2, 0) is 4.18 Å². The zero-order valence-corrected chi connectivity index (χ0v) is 21.9. The molecule has 8 unspecified atom stereocenters. The summed E-state index contributed by atoms with van der Waals surface area (Å²) in [4.78, 5) is 0. The first-order chi connectivity index (χ1) is 14.8. The Hall–Kier alpha value is 0.270. The van der Waals surface area contributed by atoms with Crippen molar-refractivity contribution in [2.24, 2.45) is 52.3 Å². The maximum Gasteiger partial charge on any atom is 0.155 e. The molecule has 4 aliphatic rings. The molecule has 2 nitrogen and oxygen atoms in total. The van der Waals surface area contributed by atoms with Crippen molar-refractivity contribution < 1.29 is 8.74 Å². The summed E-state index contributed by atoms with van der Waals surface area (Å²) in [6.07, 6.45) is 18.4. The zero-order valence-electron chi connectivity index (χ0n) is 21.1. The molecule has 3 heteroatoms. The van der Waals surface area contributed by atoms with Gasteiger partial charge in [-0.25, -0.2) is 0 Å². The fourth-order valence-corrected chi connectivity index (χ4v) is 9.92. The Bertz CT molecular complexity index is 594. The first-order valence-corrected chi connectivity index (χ1v) is 14.5. The second-order valence-electron chi connectivity index (χ2n) is 13.1. The maximum atomic E-state index is 9.18. The monoisotopic (exact) mass is 450 g/mol. The molecule has 0 spiro atoms. The molecule has 4 fully saturated rings. The van der Waals surface area contributed by atoms with Crippen molar-refractivity contribution in [1.29, 1.82) is 0 Å². The molecule has 0 radical (unpaired) electrons. The van der Waals surface area contributed by atoms with E-state index in [1.807, 2.05) is 0 Å². The minimum absolute atomic E-state index is 0.267. The zero-order chi connectivity index (χ0) is 22.2. The van der Waals surface area contributed by atoms with Gasteiger partial charge in [-0.1, -0.05) is 60.3 Å². The lowest BCUT2D eigenvalue weighted by Gasteiger charge is -2.57. The molecule has 0 aromatic rings. The molecule has 0 aliphatic heterocycles. The van der Waals surface area contributed by atoms with Crippen molar-refractivity contribution >= 4 is 12.3 Å². The van der Waals surface area contributed by atoms with E-state index >= 15 is 0 Å². The lowest BCUT2D eigenvalue weighted by atomic mass is 9.49. The van der Waals surface area contributed by atoms with E-state index in [0.717, 1.165) is 47.8 Å². The molecule has 0 bridgehead atoms. The summed E-state index contributed by atoms with van der Waals surface area (Å²) in [5, 5.41) is 0. The Labute approximate surface area is 197 Å². The molecule has 1 N–H and O–H groups in total. The van der Waals surface area contributed by atoms with Crippen LogP contribution in [-0.4, -0.2) is 10.7 Å². The van der Waals surface area contributed by atoms with E-state index in [-0.39, 0.29) is 6.10 Å². The average Bonchev–Trinajstić information content (AvgIpc) is 2.97. The molecule has 9 atom stereocenters. The van der Waals surface area contributed by atoms with E-state index in [9.17, 15) is 4.55 Å². The van der Waals surface area contributed by atoms with Gasteiger partial charge in [0.25, 0.3) is 0 Å². The smallest absolute Gasteiger partial charge is 0.155 e. The third-order valence-corrected chi connectivity index (χ3v) is 11.6. The summed E-state index contributed by atoms with van der Waals surface area (Å²) in [6.45, 7) is 12.7. The van der Waals surface area contributed by atoms with Crippen LogP contribution in [0.25, 0.3) is 0 Å². The predicted molar refractivity (Wildman–Crippen MR) is 133 cm³/mol. The molecule has 0 aromatic carbocycles. The Morgan fingerprint density at radius 1 is 0.903 bits per heavy atom. The first-order valence-electron chi connectivity index (χ1n) is 13.8. The lowest BCUT2D eigenvalue weighted by molar-refractivity contribution is -0.0860. The van der Waals surface area contributed by atoms with Crippen LogP contribution < -0.4 is 0 Å². The van der Waals surface area contributed by atoms with Gasteiger partial charge in [0.1, 0.15) is 0 Å². The summed E-state index contributed by atoms with van der Waals surface area (Å²) in [5.41, 5.74) is 1.10. The summed E-state index contributed by atoms with van der Waals surface area (Å²) in [5.74, 6) is 6.38. The van der Waals surface area contributed by atoms with Crippen molar-refractivity contribution in [3.63, 3.8) is 0 Å². The summed E-state index contributed by atoms with van der Waals surface area (Å²) in [6, 6.07) is 0. The predicted octanol–water partition coefficient (Wildman–Crippen LogP) is 9.00. The highest BCUT2D eigenvalue weighted by molar-refractivity contribution is 7.88. The van der Waals surface area contributed by atoms with Gasteiger partial charge in [0.2, 0.25) is 0 Å². The molecule has 4 saturated carbocycles. The first kappa shape index (κ1) is 24.4. The molecule has 31 heavy (non-hydrogen) atoms. The third kappa shape index (κ3) is 4.63. The van der Waals surface area contributed by atoms with Gasteiger partial charge in [-0.2, -0.15) is 0 Å². The van der Waals surface area contributed by atoms with E-state index in [4.69, 9.17) is 4.18 Å². The van der Waals surface area contributed by atoms with Crippen molar-refractivity contribution in [1.82, 2.24) is 0 Å². The Morgan fingerprint density at radius 3 is 2.42 bits per heavy atom. The highest BCUT2D eigenvalue weighted by Gasteiger charge is 2.58. The van der Waals surface area contributed by atoms with Crippen molar-refractivity contribution in [2.75, 3.05) is 0 Å². The highest BCUT2D eigenvalue weighted by atomic mass is 32.2. The van der Waals surface area contributed by atoms with E-state index in [0.29, 0.717) is 23.2 Å². The Morgan fingerprint density at radius 2 is 1.68 bits per heavy atom. The lowest BCUT2D eigenvalue weighted by Crippen LogP contribution is -2.50. The highest BCUT2D eigenvalue weighted by Crippen LogP contribution is 2.67. The molecular formula is C28H50O2S. The van der Waals surface area contributed by atoms with Gasteiger partial charge in [0, 0.05) is 0 Å². The molecule has 0 amide bonds. The largest absolute Gasteiger partial charge is 0.307 e. The van der Waals surface area contributed by atoms with Crippen molar-refractivity contribution in [3.05, 3.63) is 0 Å². The van der Waals surface area contributed by atoms with Crippen LogP contribution in [0.15, 0.2) is 0 Å². The van der Waals surface area contributed by atoms with Crippen LogP contribution in [0.3, 0.4) is 0 Å². The van der Waals surface area contributed by atoms with Gasteiger partial charge >= 0.3 is 0 Å². The number of hydrogen-bond donors (Lipinski definition) is 1. The second-order valence-corrected chi connectivity index (χ2v) is 13.4. The fourth-order valence-electron chi connectivity index (χ4n) is 9.63. The normalized spacial score (nSPS) is 46.2. The third-order valence-electron chi connectivity index (χ3n) is 11.2.